The van der Waals surface area contributed by atoms with E-state index in [1.807, 2.05) is 77.5 Å². The van der Waals surface area contributed by atoms with Crippen LogP contribution >= 0.6 is 0 Å². The van der Waals surface area contributed by atoms with Gasteiger partial charge < -0.3 is 19.8 Å². The van der Waals surface area contributed by atoms with E-state index >= 15 is 0 Å². The number of nitrogens with zero attached hydrogens (tertiary/aromatic N) is 1. The van der Waals surface area contributed by atoms with Crippen LogP contribution in [0.15, 0.2) is 72.9 Å². The highest BCUT2D eigenvalue weighted by Crippen LogP contribution is 2.38. The van der Waals surface area contributed by atoms with Crippen molar-refractivity contribution in [3.8, 4) is 11.4 Å². The zero-order chi connectivity index (χ0) is 16.5. The first-order valence-electron chi connectivity index (χ1n) is 7.46. The predicted octanol–water partition coefficient (Wildman–Crippen LogP) is 3.79. The van der Waals surface area contributed by atoms with Gasteiger partial charge in [0.25, 0.3) is 0 Å². The van der Waals surface area contributed by atoms with Crippen LogP contribution in [0.5, 0.6) is 5.75 Å². The fourth-order valence-corrected chi connectivity index (χ4v) is 2.77. The number of ether oxygens (including phenoxy) is 2. The molecule has 4 rings (SSSR count). The van der Waals surface area contributed by atoms with Crippen molar-refractivity contribution < 1.29 is 14.3 Å². The highest BCUT2D eigenvalue weighted by Gasteiger charge is 2.26. The Morgan fingerprint density at radius 1 is 0.958 bits per heavy atom. The lowest BCUT2D eigenvalue weighted by molar-refractivity contribution is 0.201. The molecule has 24 heavy (non-hydrogen) atoms. The molecule has 1 amide bonds. The molecule has 0 saturated heterocycles. The molecule has 2 N–H and O–H groups in total. The Hall–Kier alpha value is -3.47. The molecule has 0 unspecified atom stereocenters. The maximum atomic E-state index is 11.5. The second-order valence-electron chi connectivity index (χ2n) is 5.28. The summed E-state index contributed by atoms with van der Waals surface area (Å²) in [6.45, 7) is 0. The maximum absolute atomic E-state index is 11.5. The average Bonchev–Trinajstić information content (AvgIpc) is 3.04. The molecule has 3 aromatic rings. The molecule has 0 spiro atoms. The summed E-state index contributed by atoms with van der Waals surface area (Å²) in [7, 11) is 0. The Kier molecular flexibility index (Phi) is 3.31. The Morgan fingerprint density at radius 3 is 2.50 bits per heavy atom. The minimum atomic E-state index is -0.888. The molecule has 1 aromatic heterocycles. The monoisotopic (exact) mass is 318 g/mol. The summed E-state index contributed by atoms with van der Waals surface area (Å²) < 4.78 is 13.4. The standard InChI is InChI=1S/C19H14N2O3/c20-19(22)24-18-15-10-6-12-21(15)14-9-4-5-11-16(14)23-17(18)13-7-2-1-3-8-13/h1-12H,(H2,20,22). The highest BCUT2D eigenvalue weighted by molar-refractivity contribution is 5.90. The maximum Gasteiger partial charge on any atom is 0.410 e. The second-order valence-corrected chi connectivity index (χ2v) is 5.28. The van der Waals surface area contributed by atoms with E-state index in [1.165, 1.54) is 0 Å². The largest absolute Gasteiger partial charge is 0.451 e. The highest BCUT2D eigenvalue weighted by atomic mass is 16.6. The molecule has 2 aromatic carbocycles. The normalized spacial score (nSPS) is 12.7. The van der Waals surface area contributed by atoms with E-state index in [4.69, 9.17) is 15.2 Å². The van der Waals surface area contributed by atoms with Crippen LogP contribution in [0.2, 0.25) is 0 Å². The van der Waals surface area contributed by atoms with E-state index in [0.29, 0.717) is 17.2 Å². The van der Waals surface area contributed by atoms with Gasteiger partial charge in [-0.3, -0.25) is 0 Å². The second kappa shape index (κ2) is 5.62. The molecule has 2 heterocycles. The van der Waals surface area contributed by atoms with Crippen LogP contribution in [0.4, 0.5) is 4.79 Å². The number of carbonyl (C=O) groups excluding carboxylic acids is 1. The molecular formula is C19H14N2O3. The van der Waals surface area contributed by atoms with Crippen LogP contribution < -0.4 is 10.5 Å². The van der Waals surface area contributed by atoms with E-state index in [0.717, 1.165) is 11.3 Å². The molecule has 118 valence electrons. The van der Waals surface area contributed by atoms with Gasteiger partial charge in [-0.25, -0.2) is 4.79 Å². The van der Waals surface area contributed by atoms with Gasteiger partial charge >= 0.3 is 6.09 Å². The first kappa shape index (κ1) is 14.1. The Labute approximate surface area is 138 Å². The number of hydrogen-bond donors (Lipinski definition) is 1. The Balaban J connectivity index is 2.02. The van der Waals surface area contributed by atoms with Crippen LogP contribution in [0.1, 0.15) is 11.3 Å². The van der Waals surface area contributed by atoms with Crippen LogP contribution in [-0.4, -0.2) is 10.7 Å². The van der Waals surface area contributed by atoms with Gasteiger partial charge in [-0.1, -0.05) is 42.5 Å². The van der Waals surface area contributed by atoms with Crippen molar-refractivity contribution in [3.05, 3.63) is 84.2 Å². The summed E-state index contributed by atoms with van der Waals surface area (Å²) in [6.07, 6.45) is 0.997. The van der Waals surface area contributed by atoms with E-state index in [-0.39, 0.29) is 5.76 Å². The van der Waals surface area contributed by atoms with E-state index in [9.17, 15) is 4.79 Å². The van der Waals surface area contributed by atoms with Crippen molar-refractivity contribution >= 4 is 17.6 Å². The number of nitrogens with two attached hydrogens (primary N) is 1. The fraction of sp³-hybridized carbons (Fsp3) is 0. The number of benzene rings is 2. The number of aromatic nitrogens is 1. The van der Waals surface area contributed by atoms with Gasteiger partial charge in [-0.15, -0.1) is 0 Å². The van der Waals surface area contributed by atoms with Gasteiger partial charge in [0.2, 0.25) is 0 Å². The first-order valence-corrected chi connectivity index (χ1v) is 7.46. The number of fused-ring (bicyclic) bond motifs is 3. The minimum absolute atomic E-state index is 0.287. The minimum Gasteiger partial charge on any atom is -0.451 e. The lowest BCUT2D eigenvalue weighted by atomic mass is 10.1. The van der Waals surface area contributed by atoms with Gasteiger partial charge in [-0.2, -0.15) is 0 Å². The SMILES string of the molecule is NC(=O)OC1=C(c2ccccc2)Oc2ccccc2-n2cccc21. The first-order chi connectivity index (χ1) is 11.7. The van der Waals surface area contributed by atoms with Gasteiger partial charge in [0, 0.05) is 11.8 Å². The molecule has 1 aliphatic rings. The lowest BCUT2D eigenvalue weighted by Crippen LogP contribution is -2.14. The lowest BCUT2D eigenvalue weighted by Gasteiger charge is -2.13. The fourth-order valence-electron chi connectivity index (χ4n) is 2.77. The Morgan fingerprint density at radius 2 is 1.71 bits per heavy atom. The molecular weight excluding hydrogens is 304 g/mol. The van der Waals surface area contributed by atoms with Crippen LogP contribution in [0, 0.1) is 0 Å². The molecule has 0 bridgehead atoms. The quantitative estimate of drug-likeness (QED) is 0.781. The number of hydrogen-bond acceptors (Lipinski definition) is 3. The summed E-state index contributed by atoms with van der Waals surface area (Å²) in [5.74, 6) is 1.39. The molecule has 5 nitrogen and oxygen atoms in total. The van der Waals surface area contributed by atoms with Crippen LogP contribution in [-0.2, 0) is 4.74 Å². The topological polar surface area (TPSA) is 66.5 Å². The summed E-state index contributed by atoms with van der Waals surface area (Å²) in [5.41, 5.74) is 7.62. The Bertz CT molecular complexity index is 942. The van der Waals surface area contributed by atoms with Crippen molar-refractivity contribution in [2.75, 3.05) is 0 Å². The van der Waals surface area contributed by atoms with Gasteiger partial charge in [0.1, 0.15) is 0 Å². The molecule has 0 radical (unpaired) electrons. The van der Waals surface area contributed by atoms with E-state index in [2.05, 4.69) is 0 Å². The van der Waals surface area contributed by atoms with Crippen molar-refractivity contribution in [2.45, 2.75) is 0 Å². The van der Waals surface area contributed by atoms with Crippen molar-refractivity contribution in [1.29, 1.82) is 0 Å². The molecule has 0 fully saturated rings. The van der Waals surface area contributed by atoms with Crippen LogP contribution in [0.25, 0.3) is 17.2 Å². The van der Waals surface area contributed by atoms with Gasteiger partial charge in [0.05, 0.1) is 11.4 Å². The molecule has 0 atom stereocenters. The third-order valence-electron chi connectivity index (χ3n) is 3.76. The molecule has 1 aliphatic heterocycles. The summed E-state index contributed by atoms with van der Waals surface area (Å²) >= 11 is 0. The smallest absolute Gasteiger partial charge is 0.410 e. The summed E-state index contributed by atoms with van der Waals surface area (Å²) in [4.78, 5) is 11.5. The zero-order valence-corrected chi connectivity index (χ0v) is 12.7. The number of primary amides is 1. The number of rotatable bonds is 2. The molecule has 0 saturated carbocycles. The van der Waals surface area contributed by atoms with Crippen molar-refractivity contribution in [2.24, 2.45) is 5.73 Å². The number of para-hydroxylation sites is 2. The van der Waals surface area contributed by atoms with Crippen molar-refractivity contribution in [3.63, 3.8) is 0 Å². The average molecular weight is 318 g/mol. The summed E-state index contributed by atoms with van der Waals surface area (Å²) in [5, 5.41) is 0. The predicted molar refractivity (Wildman–Crippen MR) is 90.3 cm³/mol. The third kappa shape index (κ3) is 2.32. The van der Waals surface area contributed by atoms with Crippen molar-refractivity contribution in [1.82, 2.24) is 4.57 Å². The van der Waals surface area contributed by atoms with E-state index < -0.39 is 6.09 Å². The van der Waals surface area contributed by atoms with Crippen LogP contribution in [0.3, 0.4) is 0 Å². The third-order valence-corrected chi connectivity index (χ3v) is 3.76. The van der Waals surface area contributed by atoms with E-state index in [1.54, 1.807) is 0 Å². The van der Waals surface area contributed by atoms with Gasteiger partial charge in [-0.05, 0) is 24.3 Å². The number of carbonyl (C=O) groups is 1. The zero-order valence-electron chi connectivity index (χ0n) is 12.7. The molecule has 0 aliphatic carbocycles. The number of amides is 1. The van der Waals surface area contributed by atoms with Gasteiger partial charge in [0.15, 0.2) is 17.3 Å². The molecule has 5 heteroatoms. The summed E-state index contributed by atoms with van der Waals surface area (Å²) in [6, 6.07) is 20.8.